The maximum Gasteiger partial charge on any atom is 0.220 e. The van der Waals surface area contributed by atoms with Crippen LogP contribution in [0.1, 0.15) is 31.2 Å². The summed E-state index contributed by atoms with van der Waals surface area (Å²) in [5.41, 5.74) is 6.23. The van der Waals surface area contributed by atoms with Crippen LogP contribution in [0.3, 0.4) is 0 Å². The summed E-state index contributed by atoms with van der Waals surface area (Å²) in [6.45, 7) is 3.32. The molecule has 0 bridgehead atoms. The zero-order valence-corrected chi connectivity index (χ0v) is 12.6. The van der Waals surface area contributed by atoms with Crippen molar-refractivity contribution in [3.63, 3.8) is 0 Å². The molecular weight excluding hydrogens is 266 g/mol. The first-order valence-electron chi connectivity index (χ1n) is 7.68. The number of amides is 1. The minimum absolute atomic E-state index is 0.0291. The maximum atomic E-state index is 11.7. The second kappa shape index (κ2) is 11.1. The SMILES string of the molecule is NCCCCNCCCNC(=O)CCc1ccccc1O. The number of unbranched alkanes of at least 4 members (excludes halogenated alkanes) is 1. The lowest BCUT2D eigenvalue weighted by Crippen LogP contribution is -2.27. The monoisotopic (exact) mass is 293 g/mol. The van der Waals surface area contributed by atoms with Crippen molar-refractivity contribution in [1.29, 1.82) is 0 Å². The van der Waals surface area contributed by atoms with Crippen molar-refractivity contribution < 1.29 is 9.90 Å². The summed E-state index contributed by atoms with van der Waals surface area (Å²) in [5.74, 6) is 0.286. The molecule has 5 nitrogen and oxygen atoms in total. The van der Waals surface area contributed by atoms with Crippen LogP contribution in [0.4, 0.5) is 0 Å². The molecule has 1 rings (SSSR count). The van der Waals surface area contributed by atoms with E-state index in [2.05, 4.69) is 10.6 Å². The molecule has 0 saturated heterocycles. The molecule has 5 heteroatoms. The second-order valence-corrected chi connectivity index (χ2v) is 5.08. The third-order valence-corrected chi connectivity index (χ3v) is 3.27. The summed E-state index contributed by atoms with van der Waals surface area (Å²) in [6.07, 6.45) is 4.04. The van der Waals surface area contributed by atoms with Gasteiger partial charge in [0, 0.05) is 13.0 Å². The van der Waals surface area contributed by atoms with E-state index in [9.17, 15) is 9.90 Å². The first-order valence-corrected chi connectivity index (χ1v) is 7.68. The van der Waals surface area contributed by atoms with Crippen molar-refractivity contribution in [3.8, 4) is 5.75 Å². The van der Waals surface area contributed by atoms with Gasteiger partial charge in [-0.15, -0.1) is 0 Å². The van der Waals surface area contributed by atoms with Gasteiger partial charge in [0.25, 0.3) is 0 Å². The Morgan fingerprint density at radius 2 is 1.86 bits per heavy atom. The molecule has 0 aliphatic rings. The van der Waals surface area contributed by atoms with Crippen molar-refractivity contribution in [2.45, 2.75) is 32.1 Å². The first kappa shape index (κ1) is 17.5. The van der Waals surface area contributed by atoms with E-state index in [1.807, 2.05) is 12.1 Å². The molecule has 21 heavy (non-hydrogen) atoms. The van der Waals surface area contributed by atoms with Crippen LogP contribution in [0.15, 0.2) is 24.3 Å². The van der Waals surface area contributed by atoms with E-state index < -0.39 is 0 Å². The number of phenolic OH excluding ortho intramolecular Hbond substituents is 1. The lowest BCUT2D eigenvalue weighted by Gasteiger charge is -2.07. The molecule has 1 amide bonds. The Labute approximate surface area is 126 Å². The minimum Gasteiger partial charge on any atom is -0.508 e. The van der Waals surface area contributed by atoms with E-state index in [-0.39, 0.29) is 11.7 Å². The highest BCUT2D eigenvalue weighted by molar-refractivity contribution is 5.76. The lowest BCUT2D eigenvalue weighted by molar-refractivity contribution is -0.121. The molecule has 1 aromatic rings. The number of aromatic hydroxyl groups is 1. The van der Waals surface area contributed by atoms with E-state index >= 15 is 0 Å². The Bertz CT molecular complexity index is 410. The fourth-order valence-electron chi connectivity index (χ4n) is 2.02. The van der Waals surface area contributed by atoms with Crippen LogP contribution < -0.4 is 16.4 Å². The predicted octanol–water partition coefficient (Wildman–Crippen LogP) is 1.16. The van der Waals surface area contributed by atoms with Gasteiger partial charge in [-0.1, -0.05) is 18.2 Å². The number of nitrogens with one attached hydrogen (secondary N) is 2. The number of aryl methyl sites for hydroxylation is 1. The molecule has 1 aromatic carbocycles. The molecule has 0 saturated carbocycles. The standard InChI is InChI=1S/C16H27N3O2/c17-10-3-4-11-18-12-5-13-19-16(21)9-8-14-6-1-2-7-15(14)20/h1-2,6-7,18,20H,3-5,8-13,17H2,(H,19,21). The molecular formula is C16H27N3O2. The molecule has 0 heterocycles. The number of benzene rings is 1. The smallest absolute Gasteiger partial charge is 0.220 e. The first-order chi connectivity index (χ1) is 10.2. The average Bonchev–Trinajstić information content (AvgIpc) is 2.49. The highest BCUT2D eigenvalue weighted by Gasteiger charge is 2.04. The van der Waals surface area contributed by atoms with E-state index in [0.717, 1.165) is 44.5 Å². The molecule has 0 radical (unpaired) electrons. The van der Waals surface area contributed by atoms with E-state index in [1.54, 1.807) is 12.1 Å². The number of carbonyl (C=O) groups excluding carboxylic acids is 1. The molecule has 5 N–H and O–H groups in total. The largest absolute Gasteiger partial charge is 0.508 e. The molecule has 118 valence electrons. The maximum absolute atomic E-state index is 11.7. The van der Waals surface area contributed by atoms with Crippen LogP contribution in [0.25, 0.3) is 0 Å². The Morgan fingerprint density at radius 1 is 1.10 bits per heavy atom. The summed E-state index contributed by atoms with van der Waals surface area (Å²) in [4.78, 5) is 11.7. The van der Waals surface area contributed by atoms with Crippen molar-refractivity contribution in [2.75, 3.05) is 26.2 Å². The quantitative estimate of drug-likeness (QED) is 0.461. The van der Waals surface area contributed by atoms with Gasteiger partial charge >= 0.3 is 0 Å². The number of rotatable bonds is 11. The molecule has 0 aliphatic heterocycles. The van der Waals surface area contributed by atoms with Gasteiger partial charge in [-0.3, -0.25) is 4.79 Å². The van der Waals surface area contributed by atoms with Crippen molar-refractivity contribution >= 4 is 5.91 Å². The average molecular weight is 293 g/mol. The van der Waals surface area contributed by atoms with Crippen LogP contribution in [0.2, 0.25) is 0 Å². The Balaban J connectivity index is 2.00. The summed E-state index contributed by atoms with van der Waals surface area (Å²) in [6, 6.07) is 7.13. The van der Waals surface area contributed by atoms with Gasteiger partial charge in [-0.2, -0.15) is 0 Å². The normalized spacial score (nSPS) is 10.5. The molecule has 0 unspecified atom stereocenters. The zero-order chi connectivity index (χ0) is 15.3. The van der Waals surface area contributed by atoms with E-state index in [4.69, 9.17) is 5.73 Å². The fraction of sp³-hybridized carbons (Fsp3) is 0.562. The third kappa shape index (κ3) is 8.32. The number of phenols is 1. The van der Waals surface area contributed by atoms with Gasteiger partial charge in [0.05, 0.1) is 0 Å². The summed E-state index contributed by atoms with van der Waals surface area (Å²) < 4.78 is 0. The Morgan fingerprint density at radius 3 is 2.62 bits per heavy atom. The second-order valence-electron chi connectivity index (χ2n) is 5.08. The van der Waals surface area contributed by atoms with Crippen LogP contribution >= 0.6 is 0 Å². The van der Waals surface area contributed by atoms with Gasteiger partial charge < -0.3 is 21.5 Å². The molecule has 0 aliphatic carbocycles. The molecule has 0 atom stereocenters. The highest BCUT2D eigenvalue weighted by atomic mass is 16.3. The van der Waals surface area contributed by atoms with Crippen molar-refractivity contribution in [1.82, 2.24) is 10.6 Å². The van der Waals surface area contributed by atoms with Crippen molar-refractivity contribution in [3.05, 3.63) is 29.8 Å². The predicted molar refractivity (Wildman–Crippen MR) is 85.2 cm³/mol. The fourth-order valence-corrected chi connectivity index (χ4v) is 2.02. The topological polar surface area (TPSA) is 87.4 Å². The van der Waals surface area contributed by atoms with Crippen LogP contribution in [-0.4, -0.2) is 37.2 Å². The summed E-state index contributed by atoms with van der Waals surface area (Å²) in [7, 11) is 0. The number of carbonyl (C=O) groups is 1. The van der Waals surface area contributed by atoms with Crippen LogP contribution in [0.5, 0.6) is 5.75 Å². The lowest BCUT2D eigenvalue weighted by atomic mass is 10.1. The number of nitrogens with two attached hydrogens (primary N) is 1. The highest BCUT2D eigenvalue weighted by Crippen LogP contribution is 2.16. The van der Waals surface area contributed by atoms with Gasteiger partial charge in [-0.25, -0.2) is 0 Å². The van der Waals surface area contributed by atoms with Crippen LogP contribution in [-0.2, 0) is 11.2 Å². The molecule has 0 spiro atoms. The van der Waals surface area contributed by atoms with Crippen molar-refractivity contribution in [2.24, 2.45) is 5.73 Å². The summed E-state index contributed by atoms with van der Waals surface area (Å²) >= 11 is 0. The van der Waals surface area contributed by atoms with E-state index in [1.165, 1.54) is 0 Å². The van der Waals surface area contributed by atoms with Gasteiger partial charge in [0.15, 0.2) is 0 Å². The molecule has 0 fully saturated rings. The zero-order valence-electron chi connectivity index (χ0n) is 12.6. The Hall–Kier alpha value is -1.59. The number of para-hydroxylation sites is 1. The summed E-state index contributed by atoms with van der Waals surface area (Å²) in [5, 5.41) is 15.8. The molecule has 0 aromatic heterocycles. The van der Waals surface area contributed by atoms with Gasteiger partial charge in [-0.05, 0) is 56.9 Å². The van der Waals surface area contributed by atoms with E-state index in [0.29, 0.717) is 19.4 Å². The Kier molecular flexibility index (Phi) is 9.24. The minimum atomic E-state index is 0.0291. The number of hydrogen-bond donors (Lipinski definition) is 4. The number of hydrogen-bond acceptors (Lipinski definition) is 4. The third-order valence-electron chi connectivity index (χ3n) is 3.27. The van der Waals surface area contributed by atoms with Gasteiger partial charge in [0.1, 0.15) is 5.75 Å². The van der Waals surface area contributed by atoms with Crippen LogP contribution in [0, 0.1) is 0 Å². The van der Waals surface area contributed by atoms with Gasteiger partial charge in [0.2, 0.25) is 5.91 Å².